The number of benzene rings is 3. The van der Waals surface area contributed by atoms with Crippen LogP contribution in [0.4, 0.5) is 0 Å². The number of hydrogen-bond donors (Lipinski definition) is 2. The van der Waals surface area contributed by atoms with E-state index in [1.807, 2.05) is 51.1 Å². The van der Waals surface area contributed by atoms with Gasteiger partial charge in [0.2, 0.25) is 0 Å². The second-order valence-electron chi connectivity index (χ2n) is 9.83. The number of hydrogen-bond acceptors (Lipinski definition) is 5. The van der Waals surface area contributed by atoms with Crippen LogP contribution in [0.5, 0.6) is 11.5 Å². The molecule has 0 spiro atoms. The fraction of sp³-hybridized carbons (Fsp3) is 0.281. The number of allylic oxidation sites excluding steroid dienone is 1. The van der Waals surface area contributed by atoms with Crippen LogP contribution in [0.2, 0.25) is 15.1 Å². The Hall–Kier alpha value is -3.52. The van der Waals surface area contributed by atoms with Crippen LogP contribution in [0.3, 0.4) is 0 Å². The number of nitrogens with zero attached hydrogens (tertiary/aromatic N) is 1. The fourth-order valence-corrected chi connectivity index (χ4v) is 4.80. The van der Waals surface area contributed by atoms with Crippen molar-refractivity contribution in [3.8, 4) is 11.5 Å². The van der Waals surface area contributed by atoms with Gasteiger partial charge in [-0.15, -0.1) is 6.58 Å². The molecule has 0 heterocycles. The van der Waals surface area contributed by atoms with E-state index < -0.39 is 17.9 Å². The summed E-state index contributed by atoms with van der Waals surface area (Å²) in [6.07, 6.45) is 4.19. The van der Waals surface area contributed by atoms with E-state index in [1.165, 1.54) is 18.3 Å². The molecule has 2 N–H and O–H groups in total. The highest BCUT2D eigenvalue weighted by Crippen LogP contribution is 2.35. The minimum absolute atomic E-state index is 0.124. The van der Waals surface area contributed by atoms with Crippen molar-refractivity contribution in [3.63, 3.8) is 0 Å². The van der Waals surface area contributed by atoms with Crippen LogP contribution in [0, 0.1) is 5.92 Å². The van der Waals surface area contributed by atoms with E-state index in [0.717, 1.165) is 11.1 Å². The lowest BCUT2D eigenvalue weighted by Crippen LogP contribution is -2.46. The van der Waals surface area contributed by atoms with Gasteiger partial charge in [-0.1, -0.05) is 72.9 Å². The summed E-state index contributed by atoms with van der Waals surface area (Å²) in [5.74, 6) is 0.290. The van der Waals surface area contributed by atoms with Crippen LogP contribution in [0.25, 0.3) is 0 Å². The summed E-state index contributed by atoms with van der Waals surface area (Å²) in [4.78, 5) is 25.9. The molecule has 3 aromatic carbocycles. The van der Waals surface area contributed by atoms with Gasteiger partial charge < -0.3 is 14.8 Å². The van der Waals surface area contributed by atoms with Crippen LogP contribution >= 0.6 is 34.8 Å². The van der Waals surface area contributed by atoms with E-state index in [4.69, 9.17) is 44.3 Å². The smallest absolute Gasteiger partial charge is 0.262 e. The molecule has 222 valence electrons. The average Bonchev–Trinajstić information content (AvgIpc) is 2.93. The number of carbonyl (C=O) groups is 2. The third-order valence-corrected chi connectivity index (χ3v) is 6.96. The molecule has 42 heavy (non-hydrogen) atoms. The standard InChI is InChI=1S/C32H34Cl3N3O4/c1-5-9-22-15-21(16-29(41-6-2)30(22)42-19-23-10-7-8-11-26(23)34)18-36-38-32(40)28(14-20(3)4)37-31(39)25-13-12-24(33)17-27(25)35/h5,7-8,10-13,15-18,20,28H,1,6,9,14,19H2,2-4H3,(H,37,39)(H,38,40)/b36-18-/t28-/m0/s1. The Morgan fingerprint density at radius 2 is 1.76 bits per heavy atom. The molecule has 3 aromatic rings. The number of nitrogens with one attached hydrogen (secondary N) is 2. The highest BCUT2D eigenvalue weighted by Gasteiger charge is 2.23. The number of hydrazone groups is 1. The van der Waals surface area contributed by atoms with Gasteiger partial charge in [0.1, 0.15) is 12.6 Å². The van der Waals surface area contributed by atoms with Crippen molar-refractivity contribution in [3.05, 3.63) is 105 Å². The Morgan fingerprint density at radius 1 is 1.00 bits per heavy atom. The van der Waals surface area contributed by atoms with Gasteiger partial charge in [-0.05, 0) is 67.6 Å². The van der Waals surface area contributed by atoms with Gasteiger partial charge in [0.25, 0.3) is 11.8 Å². The number of amides is 2. The van der Waals surface area contributed by atoms with Crippen molar-refractivity contribution in [1.29, 1.82) is 0 Å². The average molecular weight is 631 g/mol. The highest BCUT2D eigenvalue weighted by atomic mass is 35.5. The molecule has 0 unspecified atom stereocenters. The molecule has 0 saturated carbocycles. The number of halogens is 3. The van der Waals surface area contributed by atoms with Crippen LogP contribution in [-0.2, 0) is 17.8 Å². The van der Waals surface area contributed by atoms with Gasteiger partial charge in [-0.3, -0.25) is 9.59 Å². The maximum Gasteiger partial charge on any atom is 0.262 e. The second-order valence-corrected chi connectivity index (χ2v) is 11.1. The van der Waals surface area contributed by atoms with Gasteiger partial charge in [-0.2, -0.15) is 5.10 Å². The van der Waals surface area contributed by atoms with E-state index in [9.17, 15) is 9.59 Å². The third-order valence-electron chi connectivity index (χ3n) is 6.04. The molecule has 0 aliphatic rings. The van der Waals surface area contributed by atoms with Crippen LogP contribution < -0.4 is 20.2 Å². The molecule has 0 fully saturated rings. The molecule has 0 aliphatic carbocycles. The molecule has 0 aromatic heterocycles. The first-order valence-corrected chi connectivity index (χ1v) is 14.6. The van der Waals surface area contributed by atoms with Gasteiger partial charge in [0.05, 0.1) is 23.4 Å². The molecule has 0 aliphatic heterocycles. The Morgan fingerprint density at radius 3 is 2.43 bits per heavy atom. The Balaban J connectivity index is 1.78. The molecule has 0 radical (unpaired) electrons. The summed E-state index contributed by atoms with van der Waals surface area (Å²) in [6, 6.07) is 14.9. The first-order chi connectivity index (χ1) is 20.1. The summed E-state index contributed by atoms with van der Waals surface area (Å²) in [7, 11) is 0. The van der Waals surface area contributed by atoms with E-state index >= 15 is 0 Å². The van der Waals surface area contributed by atoms with Gasteiger partial charge in [0, 0.05) is 21.2 Å². The lowest BCUT2D eigenvalue weighted by molar-refractivity contribution is -0.123. The van der Waals surface area contributed by atoms with E-state index in [2.05, 4.69) is 22.4 Å². The van der Waals surface area contributed by atoms with Crippen molar-refractivity contribution in [1.82, 2.24) is 10.7 Å². The summed E-state index contributed by atoms with van der Waals surface area (Å²) in [6.45, 7) is 10.3. The lowest BCUT2D eigenvalue weighted by atomic mass is 10.0. The predicted molar refractivity (Wildman–Crippen MR) is 170 cm³/mol. The van der Waals surface area contributed by atoms with Crippen LogP contribution in [0.15, 0.2) is 72.4 Å². The number of carbonyl (C=O) groups excluding carboxylic acids is 2. The van der Waals surface area contributed by atoms with E-state index in [1.54, 1.807) is 18.2 Å². The second kappa shape index (κ2) is 16.2. The van der Waals surface area contributed by atoms with Crippen LogP contribution in [-0.4, -0.2) is 30.7 Å². The molecular weight excluding hydrogens is 597 g/mol. The molecule has 10 heteroatoms. The molecule has 2 amide bonds. The molecular formula is C32H34Cl3N3O4. The molecule has 7 nitrogen and oxygen atoms in total. The minimum atomic E-state index is -0.836. The third kappa shape index (κ3) is 9.51. The summed E-state index contributed by atoms with van der Waals surface area (Å²) < 4.78 is 12.1. The number of rotatable bonds is 14. The lowest BCUT2D eigenvalue weighted by Gasteiger charge is -2.19. The predicted octanol–water partition coefficient (Wildman–Crippen LogP) is 7.65. The van der Waals surface area contributed by atoms with Crippen molar-refractivity contribution in [2.24, 2.45) is 11.0 Å². The maximum absolute atomic E-state index is 13.1. The van der Waals surface area contributed by atoms with Crippen molar-refractivity contribution in [2.75, 3.05) is 6.61 Å². The van der Waals surface area contributed by atoms with Crippen LogP contribution in [0.1, 0.15) is 54.2 Å². The molecule has 1 atom stereocenters. The highest BCUT2D eigenvalue weighted by molar-refractivity contribution is 6.36. The molecule has 0 saturated heterocycles. The Bertz CT molecular complexity index is 1440. The zero-order valence-electron chi connectivity index (χ0n) is 23.8. The Kier molecular flexibility index (Phi) is 12.7. The monoisotopic (exact) mass is 629 g/mol. The maximum atomic E-state index is 13.1. The summed E-state index contributed by atoms with van der Waals surface area (Å²) >= 11 is 18.4. The quantitative estimate of drug-likeness (QED) is 0.109. The van der Waals surface area contributed by atoms with Crippen molar-refractivity contribution in [2.45, 2.75) is 46.3 Å². The zero-order valence-corrected chi connectivity index (χ0v) is 26.0. The first kappa shape index (κ1) is 33.0. The van der Waals surface area contributed by atoms with Gasteiger partial charge >= 0.3 is 0 Å². The molecule has 3 rings (SSSR count). The summed E-state index contributed by atoms with van der Waals surface area (Å²) in [5, 5.41) is 8.13. The number of ether oxygens (including phenoxy) is 2. The van der Waals surface area contributed by atoms with Gasteiger partial charge in [0.15, 0.2) is 11.5 Å². The van der Waals surface area contributed by atoms with Crippen molar-refractivity contribution < 1.29 is 19.1 Å². The zero-order chi connectivity index (χ0) is 30.6. The van der Waals surface area contributed by atoms with E-state index in [0.29, 0.717) is 46.6 Å². The molecule has 0 bridgehead atoms. The minimum Gasteiger partial charge on any atom is -0.490 e. The summed E-state index contributed by atoms with van der Waals surface area (Å²) in [5.41, 5.74) is 5.13. The first-order valence-electron chi connectivity index (χ1n) is 13.5. The fourth-order valence-electron chi connectivity index (χ4n) is 4.12. The van der Waals surface area contributed by atoms with E-state index in [-0.39, 0.29) is 23.1 Å². The largest absolute Gasteiger partial charge is 0.490 e. The normalized spacial score (nSPS) is 11.8. The van der Waals surface area contributed by atoms with Gasteiger partial charge in [-0.25, -0.2) is 5.43 Å². The SMILES string of the molecule is C=CCc1cc(/C=N\NC(=O)[C@H](CC(C)C)NC(=O)c2ccc(Cl)cc2Cl)cc(OCC)c1OCc1ccccc1Cl. The van der Waals surface area contributed by atoms with Crippen molar-refractivity contribution >= 4 is 52.8 Å². The topological polar surface area (TPSA) is 89.0 Å². The Labute approximate surface area is 261 Å².